The summed E-state index contributed by atoms with van der Waals surface area (Å²) in [5.41, 5.74) is 0. The first-order chi connectivity index (χ1) is 7.74. The zero-order chi connectivity index (χ0) is 13.1. The minimum Gasteiger partial charge on any atom is -0.269 e. The first kappa shape index (κ1) is 25.5. The van der Waals surface area contributed by atoms with E-state index in [4.69, 9.17) is 0 Å². The van der Waals surface area contributed by atoms with Crippen LogP contribution in [0.25, 0.3) is 0 Å². The molecule has 0 radical (unpaired) electrons. The molecule has 0 amide bonds. The molecule has 0 fully saturated rings. The average molecular weight is 266 g/mol. The Morgan fingerprint density at radius 3 is 0.765 bits per heavy atom. The van der Waals surface area contributed by atoms with Crippen molar-refractivity contribution in [3.63, 3.8) is 0 Å². The first-order valence-electron chi connectivity index (χ1n) is 5.98. The molecule has 0 nitrogen and oxygen atoms in total. The summed E-state index contributed by atoms with van der Waals surface area (Å²) < 4.78 is 44.1. The quantitative estimate of drug-likeness (QED) is 0.429. The molecule has 0 rings (SSSR count). The molecular formula is C12H27F5. The number of unbranched alkanes of at least 4 members (excludes halogenated alkanes) is 3. The molecule has 0 aliphatic carbocycles. The highest BCUT2D eigenvalue weighted by Crippen LogP contribution is 1.88. The molecule has 0 aromatic heterocycles. The van der Waals surface area contributed by atoms with Gasteiger partial charge < -0.3 is 0 Å². The highest BCUT2D eigenvalue weighted by Gasteiger charge is 1.81. The minimum atomic E-state index is -0.385. The molecule has 0 aromatic carbocycles. The zero-order valence-electron chi connectivity index (χ0n) is 11.0. The predicted octanol–water partition coefficient (Wildman–Crippen LogP) is 5.37. The summed E-state index contributed by atoms with van der Waals surface area (Å²) in [5, 5.41) is 0. The maximum atomic E-state index is 11.0. The SMILES string of the molecule is CCCC.F.FCCCCF.FCCCCF. The van der Waals surface area contributed by atoms with Crippen LogP contribution in [0, 0.1) is 0 Å². The number of hydrogen-bond acceptors (Lipinski definition) is 0. The second kappa shape index (κ2) is 36.1. The van der Waals surface area contributed by atoms with E-state index < -0.39 is 0 Å². The fourth-order valence-corrected chi connectivity index (χ4v) is 0.378. The molecule has 0 aliphatic heterocycles. The topological polar surface area (TPSA) is 0 Å². The van der Waals surface area contributed by atoms with E-state index in [1.165, 1.54) is 12.8 Å². The number of hydrogen-bond donors (Lipinski definition) is 0. The Balaban J connectivity index is -0.0000000741. The highest BCUT2D eigenvalue weighted by molar-refractivity contribution is 4.32. The Kier molecular flexibility index (Phi) is 54.1. The van der Waals surface area contributed by atoms with Crippen LogP contribution in [-0.2, 0) is 0 Å². The Bertz CT molecular complexity index is 63.3. The summed E-state index contributed by atoms with van der Waals surface area (Å²) >= 11 is 0. The van der Waals surface area contributed by atoms with Crippen molar-refractivity contribution in [2.24, 2.45) is 0 Å². The second-order valence-corrected chi connectivity index (χ2v) is 3.17. The normalized spacial score (nSPS) is 8.12. The van der Waals surface area contributed by atoms with E-state index in [-0.39, 0.29) is 31.4 Å². The van der Waals surface area contributed by atoms with Gasteiger partial charge in [0.05, 0.1) is 26.7 Å². The van der Waals surface area contributed by atoms with E-state index in [1.54, 1.807) is 0 Å². The third-order valence-corrected chi connectivity index (χ3v) is 1.53. The molecule has 0 atom stereocenters. The molecule has 0 heterocycles. The number of rotatable bonds is 7. The van der Waals surface area contributed by atoms with Crippen LogP contribution in [0.5, 0.6) is 0 Å². The van der Waals surface area contributed by atoms with Gasteiger partial charge in [-0.25, -0.2) is 0 Å². The molecule has 0 bridgehead atoms. The third-order valence-electron chi connectivity index (χ3n) is 1.53. The summed E-state index contributed by atoms with van der Waals surface area (Å²) in [6.45, 7) is 2.82. The van der Waals surface area contributed by atoms with Crippen molar-refractivity contribution in [3.05, 3.63) is 0 Å². The van der Waals surface area contributed by atoms with Gasteiger partial charge in [0.2, 0.25) is 0 Å². The van der Waals surface area contributed by atoms with E-state index in [1.807, 2.05) is 0 Å². The predicted molar refractivity (Wildman–Crippen MR) is 65.5 cm³/mol. The molecule has 5 heteroatoms. The van der Waals surface area contributed by atoms with Crippen LogP contribution in [-0.4, -0.2) is 26.7 Å². The number of alkyl halides is 4. The largest absolute Gasteiger partial charge is 0.269 e. The van der Waals surface area contributed by atoms with Crippen LogP contribution in [0.3, 0.4) is 0 Å². The zero-order valence-corrected chi connectivity index (χ0v) is 11.0. The second-order valence-electron chi connectivity index (χ2n) is 3.17. The average Bonchev–Trinajstić information content (AvgIpc) is 2.34. The minimum absolute atomic E-state index is 0. The van der Waals surface area contributed by atoms with Gasteiger partial charge in [0.25, 0.3) is 0 Å². The smallest absolute Gasteiger partial charge is 0.0895 e. The first-order valence-corrected chi connectivity index (χ1v) is 5.98. The van der Waals surface area contributed by atoms with Crippen molar-refractivity contribution in [1.82, 2.24) is 0 Å². The summed E-state index contributed by atoms with van der Waals surface area (Å²) in [6, 6.07) is 0. The third kappa shape index (κ3) is 65.9. The summed E-state index contributed by atoms with van der Waals surface area (Å²) in [5.74, 6) is 0. The lowest BCUT2D eigenvalue weighted by atomic mass is 10.4. The highest BCUT2D eigenvalue weighted by atomic mass is 19.1. The van der Waals surface area contributed by atoms with Gasteiger partial charge in [-0.1, -0.05) is 26.7 Å². The molecule has 0 saturated heterocycles. The van der Waals surface area contributed by atoms with Crippen LogP contribution in [0.2, 0.25) is 0 Å². The van der Waals surface area contributed by atoms with E-state index in [2.05, 4.69) is 13.8 Å². The van der Waals surface area contributed by atoms with Crippen LogP contribution in [0.4, 0.5) is 22.3 Å². The van der Waals surface area contributed by atoms with Crippen molar-refractivity contribution in [1.29, 1.82) is 0 Å². The molecule has 0 unspecified atom stereocenters. The van der Waals surface area contributed by atoms with E-state index in [0.717, 1.165) is 0 Å². The van der Waals surface area contributed by atoms with E-state index >= 15 is 0 Å². The van der Waals surface area contributed by atoms with Crippen molar-refractivity contribution < 1.29 is 22.3 Å². The van der Waals surface area contributed by atoms with Crippen LogP contribution < -0.4 is 0 Å². The summed E-state index contributed by atoms with van der Waals surface area (Å²) in [6.07, 6.45) is 4.12. The van der Waals surface area contributed by atoms with Crippen molar-refractivity contribution in [3.8, 4) is 0 Å². The van der Waals surface area contributed by atoms with Crippen molar-refractivity contribution in [2.75, 3.05) is 26.7 Å². The van der Waals surface area contributed by atoms with Crippen molar-refractivity contribution in [2.45, 2.75) is 52.4 Å². The van der Waals surface area contributed by atoms with Gasteiger partial charge in [0, 0.05) is 0 Å². The molecule has 0 spiro atoms. The Hall–Kier alpha value is -0.350. The molecule has 17 heavy (non-hydrogen) atoms. The van der Waals surface area contributed by atoms with Gasteiger partial charge in [-0.15, -0.1) is 0 Å². The lowest BCUT2D eigenvalue weighted by molar-refractivity contribution is 0.409. The number of halogens is 5. The summed E-state index contributed by atoms with van der Waals surface area (Å²) in [4.78, 5) is 0. The molecule has 0 aliphatic rings. The monoisotopic (exact) mass is 266 g/mol. The summed E-state index contributed by atoms with van der Waals surface area (Å²) in [7, 11) is 0. The molecule has 0 N–H and O–H groups in total. The lowest BCUT2D eigenvalue weighted by Crippen LogP contribution is -1.76. The fraction of sp³-hybridized carbons (Fsp3) is 1.00. The van der Waals surface area contributed by atoms with Gasteiger partial charge in [0.15, 0.2) is 0 Å². The van der Waals surface area contributed by atoms with Crippen LogP contribution in [0.15, 0.2) is 0 Å². The maximum Gasteiger partial charge on any atom is 0.0895 e. The lowest BCUT2D eigenvalue weighted by Gasteiger charge is -1.81. The maximum absolute atomic E-state index is 11.0. The van der Waals surface area contributed by atoms with Crippen molar-refractivity contribution >= 4 is 0 Å². The van der Waals surface area contributed by atoms with E-state index in [0.29, 0.717) is 25.7 Å². The van der Waals surface area contributed by atoms with Gasteiger partial charge in [-0.3, -0.25) is 22.3 Å². The molecule has 0 aromatic rings. The molecular weight excluding hydrogens is 239 g/mol. The van der Waals surface area contributed by atoms with Gasteiger partial charge >= 0.3 is 0 Å². The van der Waals surface area contributed by atoms with E-state index in [9.17, 15) is 17.6 Å². The molecule has 110 valence electrons. The Morgan fingerprint density at radius 2 is 0.706 bits per heavy atom. The Morgan fingerprint density at radius 1 is 0.529 bits per heavy atom. The van der Waals surface area contributed by atoms with Crippen LogP contribution >= 0.6 is 0 Å². The van der Waals surface area contributed by atoms with Gasteiger partial charge in [-0.05, 0) is 25.7 Å². The fourth-order valence-electron chi connectivity index (χ4n) is 0.378. The van der Waals surface area contributed by atoms with Gasteiger partial charge in [-0.2, -0.15) is 0 Å². The molecule has 0 saturated carbocycles. The van der Waals surface area contributed by atoms with Crippen LogP contribution in [0.1, 0.15) is 52.4 Å². The Labute approximate surface area is 102 Å². The van der Waals surface area contributed by atoms with Gasteiger partial charge in [0.1, 0.15) is 0 Å². The standard InChI is InChI=1S/2C4H8F2.C4H10.FH/c2*5-3-1-2-4-6;1-3-4-2;/h2*1-4H2;3-4H2,1-2H3;1H.